The lowest BCUT2D eigenvalue weighted by Crippen LogP contribution is -2.27. The molecular weight excluding hydrogens is 329 g/mol. The fourth-order valence-electron chi connectivity index (χ4n) is 2.78. The summed E-state index contributed by atoms with van der Waals surface area (Å²) in [6.45, 7) is 1.95. The van der Waals surface area contributed by atoms with Crippen LogP contribution in [0.5, 0.6) is 0 Å². The van der Waals surface area contributed by atoms with E-state index in [0.29, 0.717) is 5.02 Å². The Kier molecular flexibility index (Phi) is 4.56. The molecule has 2 nitrogen and oxygen atoms in total. The van der Waals surface area contributed by atoms with Crippen LogP contribution in [0.1, 0.15) is 5.56 Å². The molecule has 23 heavy (non-hydrogen) atoms. The molecule has 0 atom stereocenters. The van der Waals surface area contributed by atoms with Crippen molar-refractivity contribution in [1.29, 1.82) is 0 Å². The Morgan fingerprint density at radius 1 is 1.00 bits per heavy atom. The number of alkyl halides is 1. The Hall–Kier alpha value is -2.03. The molecule has 0 aliphatic heterocycles. The summed E-state index contributed by atoms with van der Waals surface area (Å²) >= 11 is 12.2. The molecule has 3 aromatic carbocycles. The van der Waals surface area contributed by atoms with Crippen LogP contribution in [-0.2, 0) is 4.79 Å². The van der Waals surface area contributed by atoms with Gasteiger partial charge in [-0.05, 0) is 30.7 Å². The number of fused-ring (bicyclic) bond motifs is 1. The molecule has 0 N–H and O–H groups in total. The molecule has 0 bridgehead atoms. The Morgan fingerprint density at radius 2 is 1.61 bits per heavy atom. The average molecular weight is 344 g/mol. The third-order valence-electron chi connectivity index (χ3n) is 3.76. The van der Waals surface area contributed by atoms with E-state index < -0.39 is 0 Å². The van der Waals surface area contributed by atoms with Gasteiger partial charge < -0.3 is 0 Å². The molecule has 0 saturated heterocycles. The standard InChI is InChI=1S/C19H15Cl2NO/c1-13-11-17(21)15-9-5-6-10-16(15)19(13)22(18(23)12-20)14-7-3-2-4-8-14/h2-11H,12H2,1H3. The van der Waals surface area contributed by atoms with Gasteiger partial charge in [-0.25, -0.2) is 0 Å². The van der Waals surface area contributed by atoms with E-state index in [-0.39, 0.29) is 11.8 Å². The van der Waals surface area contributed by atoms with E-state index in [2.05, 4.69) is 0 Å². The summed E-state index contributed by atoms with van der Waals surface area (Å²) < 4.78 is 0. The average Bonchev–Trinajstić information content (AvgIpc) is 2.58. The van der Waals surface area contributed by atoms with Crippen molar-refractivity contribution in [2.45, 2.75) is 6.92 Å². The number of benzene rings is 3. The number of halogens is 2. The van der Waals surface area contributed by atoms with Crippen LogP contribution >= 0.6 is 23.2 Å². The van der Waals surface area contributed by atoms with E-state index >= 15 is 0 Å². The number of aryl methyl sites for hydroxylation is 1. The van der Waals surface area contributed by atoms with Gasteiger partial charge in [-0.2, -0.15) is 0 Å². The van der Waals surface area contributed by atoms with Crippen LogP contribution in [-0.4, -0.2) is 11.8 Å². The molecule has 0 saturated carbocycles. The van der Waals surface area contributed by atoms with Crippen LogP contribution in [0.25, 0.3) is 10.8 Å². The highest BCUT2D eigenvalue weighted by Crippen LogP contribution is 2.38. The van der Waals surface area contributed by atoms with Gasteiger partial charge in [-0.1, -0.05) is 54.1 Å². The molecule has 0 spiro atoms. The lowest BCUT2D eigenvalue weighted by atomic mass is 10.0. The molecule has 4 heteroatoms. The normalized spacial score (nSPS) is 10.7. The van der Waals surface area contributed by atoms with Crippen molar-refractivity contribution in [2.75, 3.05) is 10.8 Å². The first-order valence-corrected chi connectivity index (χ1v) is 8.16. The van der Waals surface area contributed by atoms with Crippen LogP contribution in [0.3, 0.4) is 0 Å². The minimum atomic E-state index is -0.173. The van der Waals surface area contributed by atoms with Gasteiger partial charge >= 0.3 is 0 Å². The Labute approximate surface area is 145 Å². The van der Waals surface area contributed by atoms with Crippen molar-refractivity contribution in [3.8, 4) is 0 Å². The molecule has 116 valence electrons. The van der Waals surface area contributed by atoms with Crippen molar-refractivity contribution in [1.82, 2.24) is 0 Å². The fourth-order valence-corrected chi connectivity index (χ4v) is 3.23. The van der Waals surface area contributed by atoms with E-state index in [4.69, 9.17) is 23.2 Å². The van der Waals surface area contributed by atoms with Gasteiger partial charge in [0.05, 0.1) is 5.69 Å². The lowest BCUT2D eigenvalue weighted by Gasteiger charge is -2.26. The maximum atomic E-state index is 12.6. The van der Waals surface area contributed by atoms with Gasteiger partial charge in [0, 0.05) is 21.5 Å². The largest absolute Gasteiger partial charge is 0.279 e. The van der Waals surface area contributed by atoms with Crippen molar-refractivity contribution in [2.24, 2.45) is 0 Å². The van der Waals surface area contributed by atoms with Gasteiger partial charge in [0.25, 0.3) is 0 Å². The summed E-state index contributed by atoms with van der Waals surface area (Å²) in [4.78, 5) is 14.2. The molecule has 0 unspecified atom stereocenters. The molecule has 0 fully saturated rings. The van der Waals surface area contributed by atoms with E-state index in [1.807, 2.05) is 67.6 Å². The molecule has 1 amide bonds. The van der Waals surface area contributed by atoms with Gasteiger partial charge in [-0.15, -0.1) is 11.6 Å². The third-order valence-corrected chi connectivity index (χ3v) is 4.30. The van der Waals surface area contributed by atoms with Crippen LogP contribution in [0, 0.1) is 6.92 Å². The van der Waals surface area contributed by atoms with E-state index in [1.54, 1.807) is 4.90 Å². The van der Waals surface area contributed by atoms with E-state index in [1.165, 1.54) is 0 Å². The summed E-state index contributed by atoms with van der Waals surface area (Å²) in [7, 11) is 0. The molecule has 0 heterocycles. The van der Waals surface area contributed by atoms with E-state index in [0.717, 1.165) is 27.7 Å². The predicted octanol–water partition coefficient (Wildman–Crippen LogP) is 5.71. The lowest BCUT2D eigenvalue weighted by molar-refractivity contribution is -0.115. The van der Waals surface area contributed by atoms with Crippen molar-refractivity contribution in [3.05, 3.63) is 71.2 Å². The highest BCUT2D eigenvalue weighted by Gasteiger charge is 2.22. The Balaban J connectivity index is 2.33. The van der Waals surface area contributed by atoms with Gasteiger partial charge in [0.15, 0.2) is 0 Å². The van der Waals surface area contributed by atoms with Crippen molar-refractivity contribution in [3.63, 3.8) is 0 Å². The van der Waals surface area contributed by atoms with Crippen LogP contribution < -0.4 is 4.90 Å². The van der Waals surface area contributed by atoms with Gasteiger partial charge in [0.2, 0.25) is 5.91 Å². The second-order valence-electron chi connectivity index (χ2n) is 5.27. The third kappa shape index (κ3) is 2.92. The zero-order valence-corrected chi connectivity index (χ0v) is 14.1. The first-order chi connectivity index (χ1) is 11.1. The summed E-state index contributed by atoms with van der Waals surface area (Å²) in [5.74, 6) is -0.265. The Morgan fingerprint density at radius 3 is 2.26 bits per heavy atom. The fraction of sp³-hybridized carbons (Fsp3) is 0.105. The number of hydrogen-bond acceptors (Lipinski definition) is 1. The second-order valence-corrected chi connectivity index (χ2v) is 5.94. The smallest absolute Gasteiger partial charge is 0.246 e. The second kappa shape index (κ2) is 6.61. The first kappa shape index (κ1) is 15.9. The molecule has 0 radical (unpaired) electrons. The molecular formula is C19H15Cl2NO. The van der Waals surface area contributed by atoms with Crippen LogP contribution in [0.2, 0.25) is 5.02 Å². The SMILES string of the molecule is Cc1cc(Cl)c2ccccc2c1N(C(=O)CCl)c1ccccc1. The van der Waals surface area contributed by atoms with Gasteiger partial charge in [-0.3, -0.25) is 9.69 Å². The number of carbonyl (C=O) groups excluding carboxylic acids is 1. The van der Waals surface area contributed by atoms with Crippen molar-refractivity contribution < 1.29 is 4.79 Å². The summed E-state index contributed by atoms with van der Waals surface area (Å²) in [5.41, 5.74) is 2.53. The molecule has 3 rings (SSSR count). The predicted molar refractivity (Wildman–Crippen MR) is 98.0 cm³/mol. The topological polar surface area (TPSA) is 20.3 Å². The summed E-state index contributed by atoms with van der Waals surface area (Å²) in [6, 6.07) is 19.2. The zero-order valence-electron chi connectivity index (χ0n) is 12.6. The zero-order chi connectivity index (χ0) is 16.4. The Bertz CT molecular complexity index is 862. The highest BCUT2D eigenvalue weighted by atomic mass is 35.5. The summed E-state index contributed by atoms with van der Waals surface area (Å²) in [5, 5.41) is 2.52. The number of anilines is 2. The van der Waals surface area contributed by atoms with E-state index in [9.17, 15) is 4.79 Å². The minimum Gasteiger partial charge on any atom is -0.279 e. The molecule has 0 aliphatic carbocycles. The molecule has 3 aromatic rings. The molecule has 0 aromatic heterocycles. The summed E-state index contributed by atoms with van der Waals surface area (Å²) in [6.07, 6.45) is 0. The van der Waals surface area contributed by atoms with Crippen molar-refractivity contribution >= 4 is 51.3 Å². The van der Waals surface area contributed by atoms with Crippen LogP contribution in [0.15, 0.2) is 60.7 Å². The number of rotatable bonds is 3. The van der Waals surface area contributed by atoms with Crippen LogP contribution in [0.4, 0.5) is 11.4 Å². The van der Waals surface area contributed by atoms with Gasteiger partial charge in [0.1, 0.15) is 5.88 Å². The maximum absolute atomic E-state index is 12.6. The first-order valence-electron chi connectivity index (χ1n) is 7.25. The quantitative estimate of drug-likeness (QED) is 0.558. The molecule has 0 aliphatic rings. The minimum absolute atomic E-state index is 0.0920. The number of amides is 1. The number of para-hydroxylation sites is 1. The number of carbonyl (C=O) groups is 1. The monoisotopic (exact) mass is 343 g/mol. The number of nitrogens with zero attached hydrogens (tertiary/aromatic N) is 1. The highest BCUT2D eigenvalue weighted by molar-refractivity contribution is 6.37. The maximum Gasteiger partial charge on any atom is 0.246 e. The number of hydrogen-bond donors (Lipinski definition) is 0.